The topological polar surface area (TPSA) is 135 Å². The van der Waals surface area contributed by atoms with E-state index in [-0.39, 0.29) is 12.8 Å². The van der Waals surface area contributed by atoms with E-state index in [4.69, 9.17) is 5.73 Å². The molecule has 0 aromatic heterocycles. The normalized spacial score (nSPS) is 15.1. The quantitative estimate of drug-likeness (QED) is 0.223. The summed E-state index contributed by atoms with van der Waals surface area (Å²) in [4.78, 5) is 24.0. The third-order valence-corrected chi connectivity index (χ3v) is 7.06. The standard InChI is InChI=1S/C20H39NO6S/c1-3-5-7-9-11-13-15-17(18(21)22)20(19(23)24,28(25,26)27)16-14-12-10-8-6-4-2/h17H,3-16H2,1-2H3,(H2,21,22)(H,23,24)(H,25,26,27). The van der Waals surface area contributed by atoms with Crippen molar-refractivity contribution in [1.29, 1.82) is 0 Å². The molecule has 0 aromatic rings. The summed E-state index contributed by atoms with van der Waals surface area (Å²) in [6.07, 6.45) is 10.1. The minimum absolute atomic E-state index is 0.0450. The van der Waals surface area contributed by atoms with Gasteiger partial charge >= 0.3 is 5.97 Å². The molecule has 4 N–H and O–H groups in total. The van der Waals surface area contributed by atoms with E-state index in [2.05, 4.69) is 13.8 Å². The number of nitrogens with two attached hydrogens (primary N) is 1. The number of unbranched alkanes of at least 4 members (excludes halogenated alkanes) is 10. The van der Waals surface area contributed by atoms with Crippen LogP contribution in [0.1, 0.15) is 104 Å². The number of carbonyl (C=O) groups excluding carboxylic acids is 1. The van der Waals surface area contributed by atoms with Crippen molar-refractivity contribution in [3.8, 4) is 0 Å². The van der Waals surface area contributed by atoms with Crippen molar-refractivity contribution in [1.82, 2.24) is 0 Å². The maximum absolute atomic E-state index is 12.1. The van der Waals surface area contributed by atoms with Crippen LogP contribution in [0, 0.1) is 5.92 Å². The lowest BCUT2D eigenvalue weighted by atomic mass is 9.82. The van der Waals surface area contributed by atoms with Crippen molar-refractivity contribution in [3.05, 3.63) is 0 Å². The largest absolute Gasteiger partial charge is 0.480 e. The van der Waals surface area contributed by atoms with Crippen LogP contribution in [0.2, 0.25) is 0 Å². The first-order chi connectivity index (χ1) is 13.1. The average molecular weight is 422 g/mol. The first-order valence-electron chi connectivity index (χ1n) is 10.6. The van der Waals surface area contributed by atoms with Gasteiger partial charge in [0.05, 0.1) is 5.92 Å². The number of amides is 1. The molecule has 2 atom stereocenters. The molecule has 0 radical (unpaired) electrons. The maximum atomic E-state index is 12.1. The second-order valence-electron chi connectivity index (χ2n) is 7.70. The first-order valence-corrected chi connectivity index (χ1v) is 12.1. The molecule has 0 saturated heterocycles. The Hall–Kier alpha value is -1.15. The smallest absolute Gasteiger partial charge is 0.328 e. The fourth-order valence-corrected chi connectivity index (χ4v) is 4.97. The maximum Gasteiger partial charge on any atom is 0.328 e. The monoisotopic (exact) mass is 421 g/mol. The van der Waals surface area contributed by atoms with Crippen LogP contribution >= 0.6 is 0 Å². The second kappa shape index (κ2) is 13.9. The molecular weight excluding hydrogens is 382 g/mol. The van der Waals surface area contributed by atoms with E-state index in [9.17, 15) is 27.7 Å². The molecule has 7 nitrogen and oxygen atoms in total. The van der Waals surface area contributed by atoms with Crippen molar-refractivity contribution in [2.45, 2.75) is 108 Å². The molecule has 8 heteroatoms. The molecule has 0 fully saturated rings. The fourth-order valence-electron chi connectivity index (χ4n) is 3.75. The molecule has 166 valence electrons. The SMILES string of the molecule is CCCCCCCCC(C(N)=O)C(CCCCCCCC)(C(=O)O)S(=O)(=O)O. The highest BCUT2D eigenvalue weighted by molar-refractivity contribution is 7.88. The van der Waals surface area contributed by atoms with Gasteiger partial charge in [0.1, 0.15) is 0 Å². The summed E-state index contributed by atoms with van der Waals surface area (Å²) < 4.78 is 31.5. The van der Waals surface area contributed by atoms with Gasteiger partial charge in [0.25, 0.3) is 10.1 Å². The van der Waals surface area contributed by atoms with Gasteiger partial charge in [-0.15, -0.1) is 0 Å². The Kier molecular flexibility index (Phi) is 13.4. The minimum atomic E-state index is -5.02. The molecule has 28 heavy (non-hydrogen) atoms. The van der Waals surface area contributed by atoms with Gasteiger partial charge in [0.2, 0.25) is 10.7 Å². The predicted octanol–water partition coefficient (Wildman–Crippen LogP) is 4.30. The molecule has 1 amide bonds. The molecule has 0 heterocycles. The minimum Gasteiger partial charge on any atom is -0.480 e. The molecule has 0 aliphatic heterocycles. The number of hydrogen-bond acceptors (Lipinski definition) is 4. The van der Waals surface area contributed by atoms with Gasteiger partial charge < -0.3 is 10.8 Å². The summed E-state index contributed by atoms with van der Waals surface area (Å²) in [6, 6.07) is 0. The number of aliphatic carboxylic acids is 1. The molecule has 0 aromatic carbocycles. The Bertz CT molecular complexity index is 563. The van der Waals surface area contributed by atoms with Crippen LogP contribution < -0.4 is 5.73 Å². The molecule has 0 aliphatic rings. The summed E-state index contributed by atoms with van der Waals surface area (Å²) >= 11 is 0. The summed E-state index contributed by atoms with van der Waals surface area (Å²) in [5, 5.41) is 9.75. The number of carbonyl (C=O) groups is 2. The van der Waals surface area contributed by atoms with Crippen molar-refractivity contribution in [2.75, 3.05) is 0 Å². The van der Waals surface area contributed by atoms with E-state index in [1.165, 1.54) is 0 Å². The number of hydrogen-bond donors (Lipinski definition) is 3. The lowest BCUT2D eigenvalue weighted by Crippen LogP contribution is -2.56. The van der Waals surface area contributed by atoms with E-state index in [1.807, 2.05) is 0 Å². The highest BCUT2D eigenvalue weighted by Crippen LogP contribution is 2.36. The van der Waals surface area contributed by atoms with Gasteiger partial charge in [-0.25, -0.2) is 0 Å². The zero-order valence-corrected chi connectivity index (χ0v) is 18.3. The Morgan fingerprint density at radius 3 is 1.68 bits per heavy atom. The van der Waals surface area contributed by atoms with Gasteiger partial charge in [-0.3, -0.25) is 14.1 Å². The van der Waals surface area contributed by atoms with Gasteiger partial charge in [-0.05, 0) is 12.8 Å². The third-order valence-electron chi connectivity index (χ3n) is 5.48. The Balaban J connectivity index is 5.24. The summed E-state index contributed by atoms with van der Waals surface area (Å²) in [7, 11) is -5.02. The van der Waals surface area contributed by atoms with Gasteiger partial charge in [0, 0.05) is 0 Å². The van der Waals surface area contributed by atoms with Crippen molar-refractivity contribution >= 4 is 22.0 Å². The van der Waals surface area contributed by atoms with Crippen LogP contribution in [0.5, 0.6) is 0 Å². The summed E-state index contributed by atoms with van der Waals surface area (Å²) in [5.41, 5.74) is 5.41. The molecule has 0 aliphatic carbocycles. The van der Waals surface area contributed by atoms with Crippen LogP contribution in [0.3, 0.4) is 0 Å². The zero-order valence-electron chi connectivity index (χ0n) is 17.5. The molecule has 0 rings (SSSR count). The predicted molar refractivity (Wildman–Crippen MR) is 111 cm³/mol. The van der Waals surface area contributed by atoms with Crippen molar-refractivity contribution in [2.24, 2.45) is 11.7 Å². The second-order valence-corrected chi connectivity index (χ2v) is 9.38. The molecule has 2 unspecified atom stereocenters. The van der Waals surface area contributed by atoms with Gasteiger partial charge in [0.15, 0.2) is 0 Å². The van der Waals surface area contributed by atoms with E-state index < -0.39 is 32.7 Å². The average Bonchev–Trinajstić information content (AvgIpc) is 2.60. The Morgan fingerprint density at radius 2 is 1.29 bits per heavy atom. The van der Waals surface area contributed by atoms with E-state index >= 15 is 0 Å². The lowest BCUT2D eigenvalue weighted by Gasteiger charge is -2.32. The summed E-state index contributed by atoms with van der Waals surface area (Å²) in [6.45, 7) is 4.17. The first kappa shape index (κ1) is 26.9. The van der Waals surface area contributed by atoms with Crippen molar-refractivity contribution in [3.63, 3.8) is 0 Å². The Morgan fingerprint density at radius 1 is 0.857 bits per heavy atom. The number of rotatable bonds is 18. The van der Waals surface area contributed by atoms with E-state index in [0.29, 0.717) is 19.3 Å². The van der Waals surface area contributed by atoms with Gasteiger partial charge in [-0.2, -0.15) is 8.42 Å². The molecule has 0 bridgehead atoms. The highest BCUT2D eigenvalue weighted by Gasteiger charge is 2.57. The number of carboxylic acids is 1. The fraction of sp³-hybridized carbons (Fsp3) is 0.900. The van der Waals surface area contributed by atoms with Crippen LogP contribution in [-0.4, -0.2) is 34.7 Å². The van der Waals surface area contributed by atoms with Crippen molar-refractivity contribution < 1.29 is 27.7 Å². The van der Waals surface area contributed by atoms with E-state index in [1.54, 1.807) is 0 Å². The number of primary amides is 1. The van der Waals surface area contributed by atoms with E-state index in [0.717, 1.165) is 57.8 Å². The Labute approximate surface area is 170 Å². The zero-order chi connectivity index (χ0) is 21.6. The van der Waals surface area contributed by atoms with Crippen LogP contribution in [-0.2, 0) is 19.7 Å². The van der Waals surface area contributed by atoms with Crippen LogP contribution in [0.15, 0.2) is 0 Å². The highest BCUT2D eigenvalue weighted by atomic mass is 32.2. The number of carboxylic acid groups (broad SMARTS) is 1. The van der Waals surface area contributed by atoms with Crippen LogP contribution in [0.4, 0.5) is 0 Å². The molecular formula is C20H39NO6S. The van der Waals surface area contributed by atoms with Crippen LogP contribution in [0.25, 0.3) is 0 Å². The molecule has 0 spiro atoms. The van der Waals surface area contributed by atoms with Gasteiger partial charge in [-0.1, -0.05) is 90.9 Å². The molecule has 0 saturated carbocycles. The third kappa shape index (κ3) is 8.47. The lowest BCUT2D eigenvalue weighted by molar-refractivity contribution is -0.145. The summed E-state index contributed by atoms with van der Waals surface area (Å²) in [5.74, 6) is -4.13.